The lowest BCUT2D eigenvalue weighted by molar-refractivity contribution is -0.397. The molecule has 1 saturated heterocycles. The van der Waals surface area contributed by atoms with Crippen LogP contribution < -0.4 is 4.74 Å². The van der Waals surface area contributed by atoms with Gasteiger partial charge in [-0.25, -0.2) is 0 Å². The van der Waals surface area contributed by atoms with Gasteiger partial charge < -0.3 is 55.8 Å². The number of fused-ring (bicyclic) bond motifs is 3. The number of ketones is 1. The molecule has 3 rings (SSSR count). The Morgan fingerprint density at radius 3 is 2.10 bits per heavy atom. The maximum Gasteiger partial charge on any atom is 0.220 e. The molecule has 0 saturated carbocycles. The van der Waals surface area contributed by atoms with Crippen molar-refractivity contribution in [2.24, 2.45) is 5.92 Å². The molecule has 31 heavy (non-hydrogen) atoms. The third-order valence-corrected chi connectivity index (χ3v) is 6.21. The summed E-state index contributed by atoms with van der Waals surface area (Å²) in [4.78, 5) is 14.3. The second-order valence-corrected chi connectivity index (χ2v) is 7.75. The van der Waals surface area contributed by atoms with Gasteiger partial charge in [-0.15, -0.1) is 0 Å². The zero-order valence-electron chi connectivity index (χ0n) is 16.4. The van der Waals surface area contributed by atoms with E-state index in [-0.39, 0.29) is 29.8 Å². The van der Waals surface area contributed by atoms with Crippen molar-refractivity contribution >= 4 is 5.78 Å². The van der Waals surface area contributed by atoms with E-state index in [1.54, 1.807) is 0 Å². The summed E-state index contributed by atoms with van der Waals surface area (Å²) in [6, 6.07) is -0.905. The topological polar surface area (TPSA) is 232 Å². The normalized spacial score (nSPS) is 22.6. The van der Waals surface area contributed by atoms with Crippen LogP contribution in [0.25, 0.3) is 0 Å². The summed E-state index contributed by atoms with van der Waals surface area (Å²) < 4.78 is 4.89. The van der Waals surface area contributed by atoms with Gasteiger partial charge in [0, 0.05) is 36.7 Å². The van der Waals surface area contributed by atoms with Gasteiger partial charge in [0.25, 0.3) is 0 Å². The Bertz CT molecular complexity index is 875. The molecule has 13 heteroatoms. The van der Waals surface area contributed by atoms with Gasteiger partial charge in [0.1, 0.15) is 5.78 Å². The van der Waals surface area contributed by atoms with Gasteiger partial charge >= 0.3 is 0 Å². The van der Waals surface area contributed by atoms with Gasteiger partial charge in [-0.1, -0.05) is 0 Å². The number of aliphatic hydroxyl groups is 7. The molecule has 1 aromatic carbocycles. The highest BCUT2D eigenvalue weighted by molar-refractivity contribution is 5.85. The summed E-state index contributed by atoms with van der Waals surface area (Å²) in [5, 5.41) is 99.4. The first-order chi connectivity index (χ1) is 14.3. The summed E-state index contributed by atoms with van der Waals surface area (Å²) in [6.45, 7) is -0.370. The minimum Gasteiger partial charge on any atom is -0.504 e. The molecule has 2 aliphatic rings. The van der Waals surface area contributed by atoms with Crippen molar-refractivity contribution < 1.29 is 60.6 Å². The Labute approximate surface area is 175 Å². The van der Waals surface area contributed by atoms with Crippen molar-refractivity contribution in [3.8, 4) is 23.0 Å². The van der Waals surface area contributed by atoms with Crippen LogP contribution in [0.2, 0.25) is 0 Å². The van der Waals surface area contributed by atoms with Crippen LogP contribution in [0, 0.1) is 5.92 Å². The van der Waals surface area contributed by atoms with Crippen LogP contribution in [0.15, 0.2) is 0 Å². The van der Waals surface area contributed by atoms with Gasteiger partial charge in [-0.3, -0.25) is 9.69 Å². The zero-order valence-corrected chi connectivity index (χ0v) is 16.4. The molecular formula is C18H25NO12. The third-order valence-electron chi connectivity index (χ3n) is 6.21. The predicted molar refractivity (Wildman–Crippen MR) is 97.7 cm³/mol. The van der Waals surface area contributed by atoms with Crippen LogP contribution in [-0.2, 0) is 11.2 Å². The van der Waals surface area contributed by atoms with Crippen LogP contribution in [0.4, 0.5) is 0 Å². The number of phenols is 3. The number of benzene rings is 1. The summed E-state index contributed by atoms with van der Waals surface area (Å²) in [5.41, 5.74) is -3.43. The standard InChI is InChI=1S/C18H25NO12/c1-31-14-11(21)6-2-3-19-5-7(18(29,30)17(28,15(24)25)16(26)27)9(20)4-8(19)10(6)12(22)13(14)23/h7-8,15-16,21-30H,2-5H2,1H3. The van der Waals surface area contributed by atoms with E-state index in [1.165, 1.54) is 12.0 Å². The molecule has 0 aromatic heterocycles. The lowest BCUT2D eigenvalue weighted by Crippen LogP contribution is -2.73. The number of nitrogens with zero attached hydrogens (tertiary/aromatic N) is 1. The first-order valence-corrected chi connectivity index (χ1v) is 9.30. The molecule has 2 heterocycles. The number of piperidine rings is 1. The number of hydrogen-bond acceptors (Lipinski definition) is 13. The van der Waals surface area contributed by atoms with E-state index in [2.05, 4.69) is 0 Å². The summed E-state index contributed by atoms with van der Waals surface area (Å²) in [5.74, 6) is -8.61. The van der Waals surface area contributed by atoms with Gasteiger partial charge in [-0.2, -0.15) is 0 Å². The van der Waals surface area contributed by atoms with E-state index in [0.717, 1.165) is 0 Å². The van der Waals surface area contributed by atoms with E-state index in [1.807, 2.05) is 0 Å². The summed E-state index contributed by atoms with van der Waals surface area (Å²) >= 11 is 0. The number of Topliss-reactive ketones (excluding diaryl/α,β-unsaturated/α-hetero) is 1. The average molecular weight is 447 g/mol. The number of methoxy groups -OCH3 is 1. The molecule has 1 fully saturated rings. The van der Waals surface area contributed by atoms with Crippen molar-refractivity contribution in [1.29, 1.82) is 0 Å². The Morgan fingerprint density at radius 2 is 1.58 bits per heavy atom. The number of phenolic OH excluding ortho intramolecular Hbond substituents is 3. The highest BCUT2D eigenvalue weighted by Crippen LogP contribution is 2.54. The van der Waals surface area contributed by atoms with Gasteiger partial charge in [0.05, 0.1) is 13.0 Å². The molecule has 13 nitrogen and oxygen atoms in total. The van der Waals surface area contributed by atoms with E-state index in [0.29, 0.717) is 0 Å². The Morgan fingerprint density at radius 1 is 1.00 bits per heavy atom. The number of rotatable bonds is 5. The molecule has 2 atom stereocenters. The van der Waals surface area contributed by atoms with Crippen molar-refractivity contribution in [1.82, 2.24) is 4.90 Å². The zero-order chi connectivity index (χ0) is 23.5. The van der Waals surface area contributed by atoms with Crippen molar-refractivity contribution in [2.75, 3.05) is 20.2 Å². The molecule has 0 aliphatic carbocycles. The fraction of sp³-hybridized carbons (Fsp3) is 0.611. The maximum atomic E-state index is 12.8. The van der Waals surface area contributed by atoms with E-state index < -0.39 is 71.9 Å². The maximum absolute atomic E-state index is 12.8. The fourth-order valence-electron chi connectivity index (χ4n) is 4.42. The van der Waals surface area contributed by atoms with E-state index in [4.69, 9.17) is 4.74 Å². The first-order valence-electron chi connectivity index (χ1n) is 9.30. The Balaban J connectivity index is 2.02. The fourth-order valence-corrected chi connectivity index (χ4v) is 4.42. The van der Waals surface area contributed by atoms with Gasteiger partial charge in [0.15, 0.2) is 24.1 Å². The lowest BCUT2D eigenvalue weighted by Gasteiger charge is -2.50. The smallest absolute Gasteiger partial charge is 0.220 e. The van der Waals surface area contributed by atoms with Crippen molar-refractivity contribution in [3.05, 3.63) is 11.1 Å². The summed E-state index contributed by atoms with van der Waals surface area (Å²) in [7, 11) is 1.18. The molecule has 0 radical (unpaired) electrons. The first kappa shape index (κ1) is 23.4. The average Bonchev–Trinajstić information content (AvgIpc) is 2.70. The number of aliphatic hydroxyl groups excluding tert-OH is 2. The number of ether oxygens (including phenoxy) is 1. The molecule has 10 N–H and O–H groups in total. The Kier molecular flexibility index (Phi) is 5.84. The van der Waals surface area contributed by atoms with Crippen LogP contribution in [0.3, 0.4) is 0 Å². The van der Waals surface area contributed by atoms with Crippen molar-refractivity contribution in [3.63, 3.8) is 0 Å². The third kappa shape index (κ3) is 3.21. The van der Waals surface area contributed by atoms with Crippen LogP contribution >= 0.6 is 0 Å². The molecular weight excluding hydrogens is 422 g/mol. The summed E-state index contributed by atoms with van der Waals surface area (Å²) in [6.07, 6.45) is -6.46. The SMILES string of the molecule is COc1c(O)c(O)c2c(c1O)CCN1CC(C(O)(O)C(O)(C(O)O)C(O)O)C(=O)CC21. The minimum absolute atomic E-state index is 0.0370. The minimum atomic E-state index is -3.69. The largest absolute Gasteiger partial charge is 0.504 e. The number of carbonyl (C=O) groups is 1. The van der Waals surface area contributed by atoms with Gasteiger partial charge in [0.2, 0.25) is 22.9 Å². The van der Waals surface area contributed by atoms with E-state index >= 15 is 0 Å². The second kappa shape index (κ2) is 7.72. The number of hydrogen-bond donors (Lipinski definition) is 10. The molecule has 2 unspecified atom stereocenters. The molecule has 1 aromatic rings. The molecule has 174 valence electrons. The van der Waals surface area contributed by atoms with Crippen LogP contribution in [0.1, 0.15) is 23.6 Å². The quantitative estimate of drug-likeness (QED) is 0.119. The Hall–Kier alpha value is -2.23. The highest BCUT2D eigenvalue weighted by Gasteiger charge is 2.64. The predicted octanol–water partition coefficient (Wildman–Crippen LogP) is -3.67. The van der Waals surface area contributed by atoms with Crippen LogP contribution in [-0.4, -0.2) is 106 Å². The highest BCUT2D eigenvalue weighted by atomic mass is 16.6. The molecule has 0 bridgehead atoms. The molecule has 2 aliphatic heterocycles. The lowest BCUT2D eigenvalue weighted by atomic mass is 9.73. The molecule has 0 spiro atoms. The number of carbonyl (C=O) groups excluding carboxylic acids is 1. The second-order valence-electron chi connectivity index (χ2n) is 7.75. The molecule has 0 amide bonds. The monoisotopic (exact) mass is 447 g/mol. The number of aromatic hydroxyl groups is 3. The van der Waals surface area contributed by atoms with Crippen molar-refractivity contribution in [2.45, 2.75) is 42.9 Å². The van der Waals surface area contributed by atoms with Crippen LogP contribution in [0.5, 0.6) is 23.0 Å². The van der Waals surface area contributed by atoms with E-state index in [9.17, 15) is 55.9 Å². The van der Waals surface area contributed by atoms with Gasteiger partial charge in [-0.05, 0) is 6.42 Å².